The van der Waals surface area contributed by atoms with Crippen molar-refractivity contribution >= 4 is 7.28 Å². The molecule has 1 unspecified atom stereocenters. The largest absolute Gasteiger partial charge is 0.405 e. The van der Waals surface area contributed by atoms with Crippen molar-refractivity contribution in [3.8, 4) is 0 Å². The molecule has 0 saturated heterocycles. The van der Waals surface area contributed by atoms with Gasteiger partial charge in [0.25, 0.3) is 0 Å². The molecule has 41 valence electrons. The Bertz CT molecular complexity index is 39.1. The van der Waals surface area contributed by atoms with Crippen LogP contribution in [0.3, 0.4) is 0 Å². The van der Waals surface area contributed by atoms with Crippen molar-refractivity contribution < 1.29 is 5.11 Å². The minimum Gasteiger partial charge on any atom is -0.405 e. The number of aliphatic hydroxyl groups is 1. The van der Waals surface area contributed by atoms with Crippen LogP contribution in [0.1, 0.15) is 20.3 Å². The summed E-state index contributed by atoms with van der Waals surface area (Å²) in [7, 11) is 1.90. The van der Waals surface area contributed by atoms with Crippen LogP contribution in [-0.4, -0.2) is 18.9 Å². The molecule has 0 heterocycles. The van der Waals surface area contributed by atoms with Gasteiger partial charge in [-0.05, 0) is 0 Å². The zero-order valence-corrected chi connectivity index (χ0v) is 5.02. The van der Waals surface area contributed by atoms with E-state index in [4.69, 9.17) is 5.11 Å². The van der Waals surface area contributed by atoms with Gasteiger partial charge in [-0.25, -0.2) is 0 Å². The van der Waals surface area contributed by atoms with Crippen molar-refractivity contribution in [3.05, 3.63) is 0 Å². The Balaban J connectivity index is 2.83. The van der Waals surface area contributed by atoms with Crippen LogP contribution < -0.4 is 0 Å². The summed E-state index contributed by atoms with van der Waals surface area (Å²) in [6.07, 6.45) is 1.13. The van der Waals surface area contributed by atoms with Crippen molar-refractivity contribution in [1.29, 1.82) is 0 Å². The van der Waals surface area contributed by atoms with E-state index < -0.39 is 0 Å². The van der Waals surface area contributed by atoms with Gasteiger partial charge >= 0.3 is 0 Å². The van der Waals surface area contributed by atoms with Crippen LogP contribution in [0, 0.1) is 0 Å². The van der Waals surface area contributed by atoms with Gasteiger partial charge in [0.05, 0.1) is 0 Å². The second-order valence-electron chi connectivity index (χ2n) is 1.80. The van der Waals surface area contributed by atoms with E-state index in [1.54, 1.807) is 0 Å². The fourth-order valence-corrected chi connectivity index (χ4v) is 0.347. The molecule has 2 heteroatoms. The summed E-state index contributed by atoms with van der Waals surface area (Å²) in [5, 5.41) is 8.31. The van der Waals surface area contributed by atoms with Gasteiger partial charge in [-0.3, -0.25) is 0 Å². The molecule has 1 radical (unpaired) electrons. The van der Waals surface area contributed by atoms with Crippen LogP contribution in [0.25, 0.3) is 0 Å². The first-order valence-corrected chi connectivity index (χ1v) is 2.75. The molecule has 0 aromatic rings. The highest BCUT2D eigenvalue weighted by molar-refractivity contribution is 6.37. The molecule has 0 spiro atoms. The van der Waals surface area contributed by atoms with E-state index in [2.05, 4.69) is 13.8 Å². The van der Waals surface area contributed by atoms with E-state index in [0.29, 0.717) is 5.82 Å². The zero-order chi connectivity index (χ0) is 5.70. The quantitative estimate of drug-likeness (QED) is 0.520. The normalized spacial score (nSPS) is 13.6. The second-order valence-corrected chi connectivity index (χ2v) is 1.80. The molecule has 1 nitrogen and oxygen atoms in total. The molecular weight excluding hydrogens is 86.9 g/mol. The summed E-state index contributed by atoms with van der Waals surface area (Å²) < 4.78 is 0. The van der Waals surface area contributed by atoms with Crippen LogP contribution in [0.4, 0.5) is 0 Å². The van der Waals surface area contributed by atoms with E-state index in [0.717, 1.165) is 6.42 Å². The Morgan fingerprint density at radius 3 is 2.43 bits per heavy atom. The molecule has 0 fully saturated rings. The van der Waals surface area contributed by atoms with Crippen molar-refractivity contribution in [2.75, 3.05) is 6.51 Å². The average molecular weight is 99.0 g/mol. The third-order valence-corrected chi connectivity index (χ3v) is 1.15. The average Bonchev–Trinajstić information content (AvgIpc) is 1.68. The van der Waals surface area contributed by atoms with Gasteiger partial charge in [0.15, 0.2) is 0 Å². The molecule has 0 aliphatic heterocycles. The van der Waals surface area contributed by atoms with Gasteiger partial charge < -0.3 is 5.11 Å². The minimum atomic E-state index is 0.217. The summed E-state index contributed by atoms with van der Waals surface area (Å²) in [5.41, 5.74) is 0. The molecular formula is C5H12BO. The van der Waals surface area contributed by atoms with Gasteiger partial charge in [-0.15, -0.1) is 0 Å². The van der Waals surface area contributed by atoms with Crippen molar-refractivity contribution in [2.24, 2.45) is 0 Å². The first-order valence-electron chi connectivity index (χ1n) is 2.75. The molecule has 0 aromatic carbocycles. The summed E-state index contributed by atoms with van der Waals surface area (Å²) >= 11 is 0. The number of hydrogen-bond acceptors (Lipinski definition) is 1. The molecule has 0 amide bonds. The third kappa shape index (κ3) is 3.87. The Kier molecular flexibility index (Phi) is 4.21. The Morgan fingerprint density at radius 1 is 1.71 bits per heavy atom. The lowest BCUT2D eigenvalue weighted by molar-refractivity contribution is 0.364. The summed E-state index contributed by atoms with van der Waals surface area (Å²) in [6.45, 7) is 4.42. The monoisotopic (exact) mass is 99.1 g/mol. The first kappa shape index (κ1) is 7.02. The van der Waals surface area contributed by atoms with Crippen LogP contribution in [0.2, 0.25) is 5.82 Å². The van der Waals surface area contributed by atoms with Crippen molar-refractivity contribution in [3.63, 3.8) is 0 Å². The van der Waals surface area contributed by atoms with Crippen LogP contribution >= 0.6 is 0 Å². The van der Waals surface area contributed by atoms with Gasteiger partial charge in [0.1, 0.15) is 7.28 Å². The van der Waals surface area contributed by atoms with E-state index in [1.807, 2.05) is 7.28 Å². The smallest absolute Gasteiger partial charge is 0.148 e. The van der Waals surface area contributed by atoms with Gasteiger partial charge in [-0.2, -0.15) is 0 Å². The highest BCUT2D eigenvalue weighted by Gasteiger charge is 1.96. The zero-order valence-electron chi connectivity index (χ0n) is 5.02. The van der Waals surface area contributed by atoms with Crippen LogP contribution in [0.5, 0.6) is 0 Å². The molecule has 0 saturated carbocycles. The van der Waals surface area contributed by atoms with E-state index in [9.17, 15) is 0 Å². The summed E-state index contributed by atoms with van der Waals surface area (Å²) in [6, 6.07) is 0. The lowest BCUT2D eigenvalue weighted by Crippen LogP contribution is -2.02. The molecule has 0 aliphatic carbocycles. The van der Waals surface area contributed by atoms with E-state index >= 15 is 0 Å². The van der Waals surface area contributed by atoms with Crippen LogP contribution in [0.15, 0.2) is 0 Å². The predicted octanol–water partition coefficient (Wildman–Crippen LogP) is 0.859. The standard InChI is InChI=1S/C5H12BO/c1-3-5(2)6-4-7/h5,7H,3-4H2,1-2H3. The maximum Gasteiger partial charge on any atom is 0.148 e. The Hall–Kier alpha value is 0.0249. The SMILES string of the molecule is CCC(C)[B]CO. The number of hydrogen-bond donors (Lipinski definition) is 1. The van der Waals surface area contributed by atoms with Crippen LogP contribution in [-0.2, 0) is 0 Å². The molecule has 1 atom stereocenters. The fraction of sp³-hybridized carbons (Fsp3) is 1.00. The van der Waals surface area contributed by atoms with E-state index in [-0.39, 0.29) is 6.51 Å². The van der Waals surface area contributed by atoms with Crippen molar-refractivity contribution in [1.82, 2.24) is 0 Å². The van der Waals surface area contributed by atoms with Gasteiger partial charge in [-0.1, -0.05) is 26.1 Å². The maximum atomic E-state index is 8.31. The molecule has 0 aliphatic rings. The first-order chi connectivity index (χ1) is 3.31. The van der Waals surface area contributed by atoms with Gasteiger partial charge in [0.2, 0.25) is 0 Å². The number of aliphatic hydroxyl groups excluding tert-OH is 1. The maximum absolute atomic E-state index is 8.31. The highest BCUT2D eigenvalue weighted by Crippen LogP contribution is 2.03. The fourth-order valence-electron chi connectivity index (χ4n) is 0.347. The Morgan fingerprint density at radius 2 is 2.29 bits per heavy atom. The summed E-state index contributed by atoms with van der Waals surface area (Å²) in [4.78, 5) is 0. The third-order valence-electron chi connectivity index (χ3n) is 1.15. The van der Waals surface area contributed by atoms with Crippen molar-refractivity contribution in [2.45, 2.75) is 26.1 Å². The van der Waals surface area contributed by atoms with E-state index in [1.165, 1.54) is 0 Å². The topological polar surface area (TPSA) is 20.2 Å². The molecule has 7 heavy (non-hydrogen) atoms. The Labute approximate surface area is 46.0 Å². The highest BCUT2D eigenvalue weighted by atomic mass is 16.2. The molecule has 0 rings (SSSR count). The molecule has 1 N–H and O–H groups in total. The molecule has 0 aromatic heterocycles. The minimum absolute atomic E-state index is 0.217. The second kappa shape index (κ2) is 4.19. The lowest BCUT2D eigenvalue weighted by atomic mass is 9.65. The van der Waals surface area contributed by atoms with Gasteiger partial charge in [0, 0.05) is 6.51 Å². The molecule has 0 bridgehead atoms. The lowest BCUT2D eigenvalue weighted by Gasteiger charge is -2.00. The number of rotatable bonds is 3. The summed E-state index contributed by atoms with van der Waals surface area (Å²) in [5.74, 6) is 0.574. The predicted molar refractivity (Wildman–Crippen MR) is 32.6 cm³/mol.